The number of aromatic nitrogens is 4. The Balaban J connectivity index is 1.58. The minimum Gasteiger partial charge on any atom is -0.334 e. The lowest BCUT2D eigenvalue weighted by Gasteiger charge is -2.05. The molecule has 0 unspecified atom stereocenters. The molecule has 27 heavy (non-hydrogen) atoms. The Morgan fingerprint density at radius 3 is 2.93 bits per heavy atom. The number of nitrogen functional groups attached to an aromatic ring is 2. The van der Waals surface area contributed by atoms with Gasteiger partial charge >= 0.3 is 0 Å². The van der Waals surface area contributed by atoms with Crippen molar-refractivity contribution >= 4 is 62.6 Å². The van der Waals surface area contributed by atoms with E-state index in [1.54, 1.807) is 23.1 Å². The number of benzene rings is 1. The van der Waals surface area contributed by atoms with E-state index in [1.807, 2.05) is 18.2 Å². The van der Waals surface area contributed by atoms with Crippen molar-refractivity contribution in [1.29, 1.82) is 0 Å². The van der Waals surface area contributed by atoms with Crippen LogP contribution in [-0.2, 0) is 4.79 Å². The first kappa shape index (κ1) is 19.7. The summed E-state index contributed by atoms with van der Waals surface area (Å²) in [6, 6.07) is 5.72. The Kier molecular flexibility index (Phi) is 6.77. The summed E-state index contributed by atoms with van der Waals surface area (Å²) in [5, 5.41) is 10.9. The highest BCUT2D eigenvalue weighted by Gasteiger charge is 2.12. The SMILES string of the molecule is CCCCSc1nc2ccc(NC(=O)CSc3nnc(NN)n3N)cc2s1. The molecule has 0 spiro atoms. The first-order chi connectivity index (χ1) is 13.1. The Labute approximate surface area is 168 Å². The van der Waals surface area contributed by atoms with Crippen LogP contribution in [0.4, 0.5) is 11.6 Å². The number of fused-ring (bicyclic) bond motifs is 1. The second-order valence-corrected chi connectivity index (χ2v) is 8.84. The van der Waals surface area contributed by atoms with Gasteiger partial charge in [0.15, 0.2) is 4.34 Å². The van der Waals surface area contributed by atoms with Crippen LogP contribution in [0, 0.1) is 0 Å². The van der Waals surface area contributed by atoms with Crippen molar-refractivity contribution in [3.63, 3.8) is 0 Å². The number of carbonyl (C=O) groups excluding carboxylic acids is 1. The highest BCUT2D eigenvalue weighted by atomic mass is 32.2. The van der Waals surface area contributed by atoms with Gasteiger partial charge in [0.05, 0.1) is 16.0 Å². The average molecular weight is 425 g/mol. The van der Waals surface area contributed by atoms with E-state index in [-0.39, 0.29) is 17.6 Å². The molecular weight excluding hydrogens is 404 g/mol. The zero-order valence-electron chi connectivity index (χ0n) is 14.6. The van der Waals surface area contributed by atoms with Gasteiger partial charge in [0.1, 0.15) is 0 Å². The van der Waals surface area contributed by atoms with Crippen LogP contribution in [0.3, 0.4) is 0 Å². The second-order valence-electron chi connectivity index (χ2n) is 5.52. The normalized spacial score (nSPS) is 11.0. The van der Waals surface area contributed by atoms with E-state index in [2.05, 4.69) is 32.8 Å². The summed E-state index contributed by atoms with van der Waals surface area (Å²) in [6.07, 6.45) is 2.36. The molecule has 0 saturated heterocycles. The van der Waals surface area contributed by atoms with E-state index in [9.17, 15) is 4.79 Å². The minimum atomic E-state index is -0.160. The van der Waals surface area contributed by atoms with Gasteiger partial charge in [0.2, 0.25) is 11.1 Å². The number of unbranched alkanes of at least 4 members (excludes halogenated alkanes) is 1. The molecule has 3 rings (SSSR count). The summed E-state index contributed by atoms with van der Waals surface area (Å²) in [4.78, 5) is 16.8. The maximum atomic E-state index is 12.2. The lowest BCUT2D eigenvalue weighted by atomic mass is 10.3. The number of anilines is 2. The molecule has 6 N–H and O–H groups in total. The van der Waals surface area contributed by atoms with Crippen LogP contribution >= 0.6 is 34.9 Å². The van der Waals surface area contributed by atoms with Crippen molar-refractivity contribution in [3.8, 4) is 0 Å². The lowest BCUT2D eigenvalue weighted by Crippen LogP contribution is -2.19. The van der Waals surface area contributed by atoms with Crippen LogP contribution in [0.15, 0.2) is 27.7 Å². The molecule has 144 valence electrons. The van der Waals surface area contributed by atoms with Gasteiger partial charge in [-0.15, -0.1) is 21.5 Å². The standard InChI is InChI=1S/C15H20N8OS3/c1-2-3-6-25-15-19-10-5-4-9(7-11(10)27-15)18-12(24)8-26-14-22-21-13(20-16)23(14)17/h4-5,7H,2-3,6,8,16-17H2,1H3,(H,18,24)(H,20,21). The Morgan fingerprint density at radius 1 is 1.33 bits per heavy atom. The first-order valence-electron chi connectivity index (χ1n) is 8.24. The van der Waals surface area contributed by atoms with E-state index in [1.165, 1.54) is 29.3 Å². The fourth-order valence-corrected chi connectivity index (χ4v) is 5.07. The monoisotopic (exact) mass is 424 g/mol. The Bertz CT molecular complexity index is 925. The number of hydrazine groups is 1. The third kappa shape index (κ3) is 5.03. The molecule has 0 aliphatic heterocycles. The van der Waals surface area contributed by atoms with Crippen LogP contribution in [0.1, 0.15) is 19.8 Å². The molecule has 0 saturated carbocycles. The van der Waals surface area contributed by atoms with Gasteiger partial charge in [-0.2, -0.15) is 0 Å². The third-order valence-corrected chi connectivity index (χ3v) is 6.69. The van der Waals surface area contributed by atoms with Crippen molar-refractivity contribution in [1.82, 2.24) is 19.9 Å². The van der Waals surface area contributed by atoms with Gasteiger partial charge in [0, 0.05) is 11.4 Å². The number of thiazole rings is 1. The maximum Gasteiger partial charge on any atom is 0.258 e. The van der Waals surface area contributed by atoms with Gasteiger partial charge in [0.25, 0.3) is 5.95 Å². The lowest BCUT2D eigenvalue weighted by molar-refractivity contribution is -0.113. The number of rotatable bonds is 9. The van der Waals surface area contributed by atoms with E-state index in [0.717, 1.165) is 26.0 Å². The van der Waals surface area contributed by atoms with Gasteiger partial charge in [-0.1, -0.05) is 36.9 Å². The van der Waals surface area contributed by atoms with Gasteiger partial charge < -0.3 is 11.2 Å². The largest absolute Gasteiger partial charge is 0.334 e. The van der Waals surface area contributed by atoms with Crippen LogP contribution in [-0.4, -0.2) is 37.3 Å². The van der Waals surface area contributed by atoms with E-state index < -0.39 is 0 Å². The quantitative estimate of drug-likeness (QED) is 0.177. The number of thioether (sulfide) groups is 2. The fraction of sp³-hybridized carbons (Fsp3) is 0.333. The smallest absolute Gasteiger partial charge is 0.258 e. The second kappa shape index (κ2) is 9.26. The van der Waals surface area contributed by atoms with Crippen molar-refractivity contribution < 1.29 is 4.79 Å². The van der Waals surface area contributed by atoms with E-state index in [0.29, 0.717) is 5.16 Å². The number of nitrogens with zero attached hydrogens (tertiary/aromatic N) is 4. The summed E-state index contributed by atoms with van der Waals surface area (Å²) in [7, 11) is 0. The zero-order chi connectivity index (χ0) is 19.2. The predicted molar refractivity (Wildman–Crippen MR) is 113 cm³/mol. The molecule has 9 nitrogen and oxygen atoms in total. The summed E-state index contributed by atoms with van der Waals surface area (Å²) in [5.74, 6) is 12.3. The maximum absolute atomic E-state index is 12.2. The van der Waals surface area contributed by atoms with Crippen molar-refractivity contribution in [2.24, 2.45) is 5.84 Å². The molecule has 1 amide bonds. The Morgan fingerprint density at radius 2 is 2.19 bits per heavy atom. The number of carbonyl (C=O) groups is 1. The number of nitrogens with one attached hydrogen (secondary N) is 2. The number of hydrogen-bond acceptors (Lipinski definition) is 10. The topological polar surface area (TPSA) is 137 Å². The molecule has 1 aromatic carbocycles. The van der Waals surface area contributed by atoms with Crippen LogP contribution in [0.5, 0.6) is 0 Å². The third-order valence-electron chi connectivity index (χ3n) is 3.50. The molecule has 0 fully saturated rings. The van der Waals surface area contributed by atoms with Crippen LogP contribution < -0.4 is 22.4 Å². The molecule has 2 aromatic heterocycles. The average Bonchev–Trinajstić information content (AvgIpc) is 3.22. The highest BCUT2D eigenvalue weighted by molar-refractivity contribution is 8.01. The minimum absolute atomic E-state index is 0.152. The molecule has 0 atom stereocenters. The van der Waals surface area contributed by atoms with E-state index >= 15 is 0 Å². The number of amides is 1. The molecule has 3 aromatic rings. The molecule has 2 heterocycles. The summed E-state index contributed by atoms with van der Waals surface area (Å²) in [6.45, 7) is 2.18. The Hall–Kier alpha value is -2.02. The van der Waals surface area contributed by atoms with Crippen LogP contribution in [0.25, 0.3) is 10.2 Å². The zero-order valence-corrected chi connectivity index (χ0v) is 17.1. The molecular formula is C15H20N8OS3. The van der Waals surface area contributed by atoms with E-state index in [4.69, 9.17) is 11.7 Å². The molecule has 0 aliphatic carbocycles. The molecule has 12 heteroatoms. The summed E-state index contributed by atoms with van der Waals surface area (Å²) in [5.41, 5.74) is 4.01. The first-order valence-corrected chi connectivity index (χ1v) is 11.0. The predicted octanol–water partition coefficient (Wildman–Crippen LogP) is 2.51. The summed E-state index contributed by atoms with van der Waals surface area (Å²) < 4.78 is 3.31. The van der Waals surface area contributed by atoms with Gasteiger partial charge in [-0.3, -0.25) is 10.2 Å². The van der Waals surface area contributed by atoms with Gasteiger partial charge in [-0.05, 0) is 24.6 Å². The number of nitrogens with two attached hydrogens (primary N) is 2. The fourth-order valence-electron chi connectivity index (χ4n) is 2.15. The van der Waals surface area contributed by atoms with Crippen molar-refractivity contribution in [2.45, 2.75) is 29.3 Å². The molecule has 0 bridgehead atoms. The van der Waals surface area contributed by atoms with Crippen LogP contribution in [0.2, 0.25) is 0 Å². The van der Waals surface area contributed by atoms with Crippen molar-refractivity contribution in [2.75, 3.05) is 28.1 Å². The number of hydrogen-bond donors (Lipinski definition) is 4. The highest BCUT2D eigenvalue weighted by Crippen LogP contribution is 2.31. The van der Waals surface area contributed by atoms with Crippen molar-refractivity contribution in [3.05, 3.63) is 18.2 Å². The molecule has 0 radical (unpaired) electrons. The summed E-state index contributed by atoms with van der Waals surface area (Å²) >= 11 is 4.60. The molecule has 0 aliphatic rings. The van der Waals surface area contributed by atoms with Gasteiger partial charge in [-0.25, -0.2) is 15.5 Å².